The first kappa shape index (κ1) is 35.2. The summed E-state index contributed by atoms with van der Waals surface area (Å²) in [6.07, 6.45) is 41.7. The zero-order chi connectivity index (χ0) is 30.7. The van der Waals surface area contributed by atoms with Gasteiger partial charge in [-0.1, -0.05) is 79.1 Å². The van der Waals surface area contributed by atoms with Crippen molar-refractivity contribution in [1.29, 1.82) is 0 Å². The molecule has 0 aromatic rings. The lowest BCUT2D eigenvalue weighted by Gasteiger charge is -2.53. The SMILES string of the molecule is CCCCC1CCC(N(C2CCC(CC)CC2)C2CCC(N(C3CCC(CC)CC3)C3CCC(CCCC)CC3)CC2)CC1. The smallest absolute Gasteiger partial charge is 0.0102 e. The summed E-state index contributed by atoms with van der Waals surface area (Å²) in [5, 5.41) is 0. The van der Waals surface area contributed by atoms with Crippen molar-refractivity contribution in [1.82, 2.24) is 9.80 Å². The fraction of sp³-hybridized carbons (Fsp3) is 1.00. The normalized spacial score (nSPS) is 39.1. The topological polar surface area (TPSA) is 6.48 Å². The van der Waals surface area contributed by atoms with Gasteiger partial charge in [0.05, 0.1) is 0 Å². The molecule has 0 aliphatic heterocycles. The Kier molecular flexibility index (Phi) is 14.8. The lowest BCUT2D eigenvalue weighted by atomic mass is 9.76. The van der Waals surface area contributed by atoms with Gasteiger partial charge >= 0.3 is 0 Å². The lowest BCUT2D eigenvalue weighted by molar-refractivity contribution is -0.0277. The van der Waals surface area contributed by atoms with Crippen LogP contribution in [0.15, 0.2) is 0 Å². The van der Waals surface area contributed by atoms with E-state index in [1.165, 1.54) is 180 Å². The van der Waals surface area contributed by atoms with E-state index in [-0.39, 0.29) is 0 Å². The lowest BCUT2D eigenvalue weighted by Crippen LogP contribution is -2.56. The number of hydrogen-bond acceptors (Lipinski definition) is 2. The zero-order valence-electron chi connectivity index (χ0n) is 30.5. The van der Waals surface area contributed by atoms with E-state index in [1.807, 2.05) is 0 Å². The van der Waals surface area contributed by atoms with E-state index in [9.17, 15) is 0 Å². The van der Waals surface area contributed by atoms with Crippen LogP contribution in [0.4, 0.5) is 0 Å². The van der Waals surface area contributed by atoms with Crippen molar-refractivity contribution in [2.24, 2.45) is 23.7 Å². The zero-order valence-corrected chi connectivity index (χ0v) is 30.5. The van der Waals surface area contributed by atoms with Gasteiger partial charge in [0.2, 0.25) is 0 Å². The minimum atomic E-state index is 0.883. The first-order valence-electron chi connectivity index (χ1n) is 21.2. The van der Waals surface area contributed by atoms with Crippen molar-refractivity contribution in [3.8, 4) is 0 Å². The fourth-order valence-electron chi connectivity index (χ4n) is 11.6. The highest BCUT2D eigenvalue weighted by molar-refractivity contribution is 4.97. The van der Waals surface area contributed by atoms with Crippen LogP contribution in [0, 0.1) is 23.7 Å². The third-order valence-corrected chi connectivity index (χ3v) is 14.5. The molecule has 0 aromatic carbocycles. The maximum absolute atomic E-state index is 3.26. The van der Waals surface area contributed by atoms with Crippen LogP contribution in [0.1, 0.15) is 207 Å². The largest absolute Gasteiger partial charge is 0.294 e. The quantitative estimate of drug-likeness (QED) is 0.193. The second kappa shape index (κ2) is 18.5. The van der Waals surface area contributed by atoms with Crippen molar-refractivity contribution < 1.29 is 0 Å². The molecule has 0 heterocycles. The Bertz CT molecular complexity index is 676. The molecule has 5 rings (SSSR count). The van der Waals surface area contributed by atoms with Crippen LogP contribution in [0.25, 0.3) is 0 Å². The average Bonchev–Trinajstić information content (AvgIpc) is 3.09. The first-order valence-corrected chi connectivity index (χ1v) is 21.2. The van der Waals surface area contributed by atoms with Gasteiger partial charge in [-0.3, -0.25) is 9.80 Å². The Balaban J connectivity index is 1.23. The van der Waals surface area contributed by atoms with E-state index in [1.54, 1.807) is 0 Å². The van der Waals surface area contributed by atoms with Crippen molar-refractivity contribution >= 4 is 0 Å². The summed E-state index contributed by atoms with van der Waals surface area (Å²) in [5.74, 6) is 4.10. The van der Waals surface area contributed by atoms with E-state index < -0.39 is 0 Å². The summed E-state index contributed by atoms with van der Waals surface area (Å²) in [7, 11) is 0. The molecule has 44 heavy (non-hydrogen) atoms. The molecule has 5 aliphatic carbocycles. The van der Waals surface area contributed by atoms with Gasteiger partial charge in [-0.15, -0.1) is 0 Å². The monoisotopic (exact) mass is 611 g/mol. The maximum Gasteiger partial charge on any atom is 0.0102 e. The molecule has 0 atom stereocenters. The van der Waals surface area contributed by atoms with Crippen molar-refractivity contribution in [2.75, 3.05) is 0 Å². The van der Waals surface area contributed by atoms with Gasteiger partial charge in [-0.25, -0.2) is 0 Å². The second-order valence-corrected chi connectivity index (χ2v) is 17.2. The third-order valence-electron chi connectivity index (χ3n) is 14.5. The molecule has 256 valence electrons. The Hall–Kier alpha value is -0.0800. The van der Waals surface area contributed by atoms with Crippen molar-refractivity contribution in [2.45, 2.75) is 244 Å². The van der Waals surface area contributed by atoms with Crippen LogP contribution >= 0.6 is 0 Å². The van der Waals surface area contributed by atoms with E-state index in [0.29, 0.717) is 0 Å². The van der Waals surface area contributed by atoms with Crippen LogP contribution in [-0.2, 0) is 0 Å². The van der Waals surface area contributed by atoms with Crippen LogP contribution in [0.3, 0.4) is 0 Å². The average molecular weight is 611 g/mol. The Morgan fingerprint density at radius 1 is 0.318 bits per heavy atom. The summed E-state index contributed by atoms with van der Waals surface area (Å²) in [6.45, 7) is 9.65. The second-order valence-electron chi connectivity index (χ2n) is 17.2. The number of nitrogens with zero attached hydrogens (tertiary/aromatic N) is 2. The Morgan fingerprint density at radius 2 is 0.545 bits per heavy atom. The van der Waals surface area contributed by atoms with E-state index in [0.717, 1.165) is 59.9 Å². The molecule has 5 fully saturated rings. The van der Waals surface area contributed by atoms with Gasteiger partial charge in [0.25, 0.3) is 0 Å². The molecular weight excluding hydrogens is 532 g/mol. The summed E-state index contributed by atoms with van der Waals surface area (Å²) >= 11 is 0. The molecule has 2 nitrogen and oxygen atoms in total. The van der Waals surface area contributed by atoms with Crippen LogP contribution < -0.4 is 0 Å². The van der Waals surface area contributed by atoms with Crippen LogP contribution in [0.5, 0.6) is 0 Å². The maximum atomic E-state index is 3.26. The minimum absolute atomic E-state index is 0.883. The predicted octanol–water partition coefficient (Wildman–Crippen LogP) is 12.3. The number of rotatable bonds is 14. The molecule has 0 N–H and O–H groups in total. The molecule has 5 aliphatic rings. The van der Waals surface area contributed by atoms with Gasteiger partial charge in [0.15, 0.2) is 0 Å². The van der Waals surface area contributed by atoms with E-state index in [4.69, 9.17) is 0 Å². The summed E-state index contributed by atoms with van der Waals surface area (Å²) in [5.41, 5.74) is 0. The highest BCUT2D eigenvalue weighted by Crippen LogP contribution is 2.43. The standard InChI is InChI=1S/C42H78N2/c1-5-9-11-35-17-25-39(26-18-35)43(37-21-13-33(7-3)14-22-37)41-29-31-42(32-30-41)44(38-23-15-34(8-4)16-24-38)40-27-19-36(20-28-40)12-10-6-2/h33-42H,5-32H2,1-4H3. The van der Waals surface area contributed by atoms with Gasteiger partial charge in [0, 0.05) is 36.3 Å². The van der Waals surface area contributed by atoms with Gasteiger partial charge in [0.1, 0.15) is 0 Å². The summed E-state index contributed by atoms with van der Waals surface area (Å²) in [6, 6.07) is 5.36. The Labute approximate surface area is 276 Å². The van der Waals surface area contributed by atoms with E-state index >= 15 is 0 Å². The molecule has 2 heteroatoms. The molecule has 0 aromatic heterocycles. The molecule has 0 spiro atoms. The van der Waals surface area contributed by atoms with Gasteiger partial charge < -0.3 is 0 Å². The number of hydrogen-bond donors (Lipinski definition) is 0. The number of unbranched alkanes of at least 4 members (excludes halogenated alkanes) is 2. The minimum Gasteiger partial charge on any atom is -0.294 e. The molecular formula is C42H78N2. The Morgan fingerprint density at radius 3 is 0.773 bits per heavy atom. The third kappa shape index (κ3) is 9.51. The van der Waals surface area contributed by atoms with Crippen LogP contribution in [-0.4, -0.2) is 46.1 Å². The van der Waals surface area contributed by atoms with Crippen molar-refractivity contribution in [3.63, 3.8) is 0 Å². The fourth-order valence-corrected chi connectivity index (χ4v) is 11.6. The highest BCUT2D eigenvalue weighted by atomic mass is 15.2. The molecule has 0 saturated heterocycles. The molecule has 0 bridgehead atoms. The molecule has 0 unspecified atom stereocenters. The van der Waals surface area contributed by atoms with E-state index in [2.05, 4.69) is 37.5 Å². The summed E-state index contributed by atoms with van der Waals surface area (Å²) in [4.78, 5) is 6.52. The van der Waals surface area contributed by atoms with Gasteiger partial charge in [-0.2, -0.15) is 0 Å². The predicted molar refractivity (Wildman–Crippen MR) is 192 cm³/mol. The van der Waals surface area contributed by atoms with Gasteiger partial charge in [-0.05, 0) is 152 Å². The van der Waals surface area contributed by atoms with Crippen LogP contribution in [0.2, 0.25) is 0 Å². The molecule has 0 amide bonds. The van der Waals surface area contributed by atoms with Crippen molar-refractivity contribution in [3.05, 3.63) is 0 Å². The molecule has 5 saturated carbocycles. The first-order chi connectivity index (χ1) is 21.6. The summed E-state index contributed by atoms with van der Waals surface area (Å²) < 4.78 is 0. The highest BCUT2D eigenvalue weighted by Gasteiger charge is 2.42. The molecule has 0 radical (unpaired) electrons.